The molecule has 0 atom stereocenters. The fourth-order valence-corrected chi connectivity index (χ4v) is 3.42. The Labute approximate surface area is 156 Å². The van der Waals surface area contributed by atoms with E-state index in [1.165, 1.54) is 0 Å². The third kappa shape index (κ3) is 6.52. The van der Waals surface area contributed by atoms with Crippen LogP contribution in [0, 0.1) is 17.8 Å². The normalized spacial score (nSPS) is 15.7. The van der Waals surface area contributed by atoms with Crippen molar-refractivity contribution in [2.24, 2.45) is 5.92 Å². The summed E-state index contributed by atoms with van der Waals surface area (Å²) in [5.74, 6) is 7.36. The van der Waals surface area contributed by atoms with Crippen molar-refractivity contribution in [2.75, 3.05) is 50.5 Å². The van der Waals surface area contributed by atoms with Crippen LogP contribution in [0.5, 0.6) is 5.75 Å². The molecule has 0 aliphatic carbocycles. The minimum absolute atomic E-state index is 0.183. The van der Waals surface area contributed by atoms with Crippen molar-refractivity contribution in [1.29, 1.82) is 0 Å². The Hall–Kier alpha value is -1.75. The lowest BCUT2D eigenvalue weighted by atomic mass is 10.1. The van der Waals surface area contributed by atoms with Crippen LogP contribution in [0.15, 0.2) is 18.2 Å². The highest BCUT2D eigenvalue weighted by molar-refractivity contribution is 7.85. The predicted molar refractivity (Wildman–Crippen MR) is 104 cm³/mol. The molecule has 1 fully saturated rings. The summed E-state index contributed by atoms with van der Waals surface area (Å²) in [4.78, 5) is 4.50. The lowest BCUT2D eigenvalue weighted by Gasteiger charge is -2.36. The van der Waals surface area contributed by atoms with Crippen molar-refractivity contribution in [2.45, 2.75) is 20.3 Å². The number of hydrogen-bond acceptors (Lipinski definition) is 5. The van der Waals surface area contributed by atoms with E-state index in [0.29, 0.717) is 18.9 Å². The van der Waals surface area contributed by atoms with Crippen LogP contribution in [-0.4, -0.2) is 63.5 Å². The molecule has 1 aliphatic heterocycles. The Morgan fingerprint density at radius 1 is 1.23 bits per heavy atom. The molecule has 26 heavy (non-hydrogen) atoms. The maximum atomic E-state index is 10.8. The highest BCUT2D eigenvalue weighted by Crippen LogP contribution is 2.30. The van der Waals surface area contributed by atoms with Crippen LogP contribution in [0.4, 0.5) is 5.69 Å². The number of rotatable bonds is 6. The number of benzene rings is 1. The fraction of sp³-hybridized carbons (Fsp3) is 0.579. The summed E-state index contributed by atoms with van der Waals surface area (Å²) in [6.07, 6.45) is 0.447. The first-order valence-corrected chi connectivity index (χ1v) is 10.5. The zero-order chi connectivity index (χ0) is 19.2. The monoisotopic (exact) mass is 380 g/mol. The van der Waals surface area contributed by atoms with E-state index >= 15 is 0 Å². The molecule has 0 saturated carbocycles. The molecule has 0 amide bonds. The second-order valence-electron chi connectivity index (χ2n) is 6.78. The van der Waals surface area contributed by atoms with E-state index in [4.69, 9.17) is 9.29 Å². The van der Waals surface area contributed by atoms with Crippen molar-refractivity contribution in [3.8, 4) is 17.6 Å². The van der Waals surface area contributed by atoms with E-state index < -0.39 is 10.1 Å². The van der Waals surface area contributed by atoms with Gasteiger partial charge in [0.25, 0.3) is 10.1 Å². The minimum Gasteiger partial charge on any atom is -0.495 e. The molecule has 1 heterocycles. The third-order valence-electron chi connectivity index (χ3n) is 4.27. The van der Waals surface area contributed by atoms with E-state index in [-0.39, 0.29) is 5.75 Å². The molecule has 2 rings (SSSR count). The van der Waals surface area contributed by atoms with Gasteiger partial charge in [-0.2, -0.15) is 8.42 Å². The van der Waals surface area contributed by atoms with Crippen LogP contribution in [0.25, 0.3) is 0 Å². The second-order valence-corrected chi connectivity index (χ2v) is 8.35. The van der Waals surface area contributed by atoms with Gasteiger partial charge < -0.3 is 9.64 Å². The maximum absolute atomic E-state index is 10.8. The Balaban J connectivity index is 1.99. The molecule has 1 aromatic rings. The molecule has 1 aliphatic rings. The third-order valence-corrected chi connectivity index (χ3v) is 5.08. The summed E-state index contributed by atoms with van der Waals surface area (Å²) >= 11 is 0. The van der Waals surface area contributed by atoms with Gasteiger partial charge in [-0.3, -0.25) is 9.45 Å². The lowest BCUT2D eigenvalue weighted by molar-refractivity contribution is 0.257. The average molecular weight is 381 g/mol. The summed E-state index contributed by atoms with van der Waals surface area (Å²) in [7, 11) is -2.20. The van der Waals surface area contributed by atoms with Gasteiger partial charge in [0.05, 0.1) is 18.6 Å². The molecule has 0 unspecified atom stereocenters. The Morgan fingerprint density at radius 3 is 2.50 bits per heavy atom. The van der Waals surface area contributed by atoms with Crippen molar-refractivity contribution in [1.82, 2.24) is 4.90 Å². The number of hydrogen-bond donors (Lipinski definition) is 1. The van der Waals surface area contributed by atoms with Crippen molar-refractivity contribution < 1.29 is 17.7 Å². The molecule has 1 saturated heterocycles. The standard InChI is InChI=1S/C19H28N2O4S/c1-16(2)5-6-17-7-8-19(25-3)18(15-17)21-12-10-20(11-13-21)9-4-14-26(22,23)24/h7-8,15-16H,4,9-14H2,1-3H3,(H,22,23,24). The molecule has 1 aromatic carbocycles. The molecule has 7 heteroatoms. The van der Waals surface area contributed by atoms with Gasteiger partial charge in [0.2, 0.25) is 0 Å². The van der Waals surface area contributed by atoms with Crippen molar-refractivity contribution >= 4 is 15.8 Å². The highest BCUT2D eigenvalue weighted by atomic mass is 32.2. The quantitative estimate of drug-likeness (QED) is 0.602. The molecular formula is C19H28N2O4S. The second kappa shape index (κ2) is 9.26. The van der Waals surface area contributed by atoms with Crippen LogP contribution in [-0.2, 0) is 10.1 Å². The van der Waals surface area contributed by atoms with Crippen LogP contribution < -0.4 is 9.64 Å². The van der Waals surface area contributed by atoms with E-state index in [9.17, 15) is 8.42 Å². The maximum Gasteiger partial charge on any atom is 0.264 e. The Bertz CT molecular complexity index is 757. The smallest absolute Gasteiger partial charge is 0.264 e. The summed E-state index contributed by atoms with van der Waals surface area (Å²) in [5, 5.41) is 0. The summed E-state index contributed by atoms with van der Waals surface area (Å²) < 4.78 is 36.0. The van der Waals surface area contributed by atoms with Crippen LogP contribution in [0.3, 0.4) is 0 Å². The van der Waals surface area contributed by atoms with Gasteiger partial charge in [0.15, 0.2) is 0 Å². The predicted octanol–water partition coefficient (Wildman–Crippen LogP) is 2.10. The van der Waals surface area contributed by atoms with Crippen molar-refractivity contribution in [3.63, 3.8) is 0 Å². The van der Waals surface area contributed by atoms with Gasteiger partial charge in [-0.05, 0) is 31.2 Å². The number of piperazine rings is 1. The zero-order valence-corrected chi connectivity index (χ0v) is 16.6. The topological polar surface area (TPSA) is 70.1 Å². The van der Waals surface area contributed by atoms with Gasteiger partial charge in [-0.25, -0.2) is 0 Å². The molecular weight excluding hydrogens is 352 g/mol. The minimum atomic E-state index is -3.87. The first-order valence-electron chi connectivity index (χ1n) is 8.90. The molecule has 0 radical (unpaired) electrons. The van der Waals surface area contributed by atoms with Crippen LogP contribution in [0.1, 0.15) is 25.8 Å². The first kappa shape index (κ1) is 20.6. The summed E-state index contributed by atoms with van der Waals surface area (Å²) in [6.45, 7) is 8.17. The highest BCUT2D eigenvalue weighted by Gasteiger charge is 2.20. The van der Waals surface area contributed by atoms with Gasteiger partial charge >= 0.3 is 0 Å². The fourth-order valence-electron chi connectivity index (χ4n) is 2.93. The van der Waals surface area contributed by atoms with E-state index in [1.54, 1.807) is 7.11 Å². The number of methoxy groups -OCH3 is 1. The molecule has 0 bridgehead atoms. The van der Waals surface area contributed by atoms with Crippen LogP contribution >= 0.6 is 0 Å². The SMILES string of the molecule is COc1ccc(C#CC(C)C)cc1N1CCN(CCCS(=O)(=O)O)CC1. The Kier molecular flexibility index (Phi) is 7.33. The van der Waals surface area contributed by atoms with Gasteiger partial charge in [-0.1, -0.05) is 25.7 Å². The number of ether oxygens (including phenoxy) is 1. The molecule has 0 aromatic heterocycles. The number of anilines is 1. The van der Waals surface area contributed by atoms with Gasteiger partial charge in [-0.15, -0.1) is 0 Å². The van der Waals surface area contributed by atoms with E-state index in [2.05, 4.69) is 41.6 Å². The first-order chi connectivity index (χ1) is 12.3. The van der Waals surface area contributed by atoms with Crippen molar-refractivity contribution in [3.05, 3.63) is 23.8 Å². The average Bonchev–Trinajstić information content (AvgIpc) is 2.59. The molecule has 0 spiro atoms. The molecule has 6 nitrogen and oxygen atoms in total. The lowest BCUT2D eigenvalue weighted by Crippen LogP contribution is -2.47. The van der Waals surface area contributed by atoms with E-state index in [1.807, 2.05) is 12.1 Å². The largest absolute Gasteiger partial charge is 0.495 e. The zero-order valence-electron chi connectivity index (χ0n) is 15.7. The van der Waals surface area contributed by atoms with Gasteiger partial charge in [0.1, 0.15) is 5.75 Å². The Morgan fingerprint density at radius 2 is 1.92 bits per heavy atom. The van der Waals surface area contributed by atoms with Crippen LogP contribution in [0.2, 0.25) is 0 Å². The molecule has 1 N–H and O–H groups in total. The summed E-state index contributed by atoms with van der Waals surface area (Å²) in [6, 6.07) is 6.00. The number of nitrogens with zero attached hydrogens (tertiary/aromatic N) is 2. The van der Waals surface area contributed by atoms with E-state index in [0.717, 1.165) is 43.2 Å². The summed E-state index contributed by atoms with van der Waals surface area (Å²) in [5.41, 5.74) is 2.02. The van der Waals surface area contributed by atoms with Gasteiger partial charge in [0, 0.05) is 37.7 Å². The molecule has 144 valence electrons.